The van der Waals surface area contributed by atoms with Crippen LogP contribution in [0.1, 0.15) is 21.7 Å². The molecule has 10 heteroatoms. The molecular formula is C22H17Cl2FN4O3. The molecule has 0 saturated carbocycles. The number of nitrogens with one attached hydrogen (secondary N) is 1. The Balaban J connectivity index is 1.71. The third kappa shape index (κ3) is 3.61. The summed E-state index contributed by atoms with van der Waals surface area (Å²) in [7, 11) is 1.60. The summed E-state index contributed by atoms with van der Waals surface area (Å²) in [5.41, 5.74) is 0.824. The lowest BCUT2D eigenvalue weighted by Crippen LogP contribution is -2.24. The van der Waals surface area contributed by atoms with Crippen molar-refractivity contribution in [3.8, 4) is 17.0 Å². The van der Waals surface area contributed by atoms with Crippen molar-refractivity contribution in [2.24, 2.45) is 7.05 Å². The summed E-state index contributed by atoms with van der Waals surface area (Å²) < 4.78 is 22.2. The average Bonchev–Trinajstić information content (AvgIpc) is 3.23. The van der Waals surface area contributed by atoms with Crippen LogP contribution in [0.15, 0.2) is 51.8 Å². The zero-order valence-corrected chi connectivity index (χ0v) is 18.8. The van der Waals surface area contributed by atoms with Gasteiger partial charge < -0.3 is 9.84 Å². The second kappa shape index (κ2) is 8.29. The molecule has 164 valence electrons. The zero-order valence-electron chi connectivity index (χ0n) is 17.2. The number of anilines is 1. The predicted molar refractivity (Wildman–Crippen MR) is 120 cm³/mol. The number of para-hydroxylation sites is 1. The zero-order chi connectivity index (χ0) is 23.2. The smallest absolute Gasteiger partial charge is 0.295 e. The number of benzene rings is 2. The number of carbonyl (C=O) groups excluding carboxylic acids is 1. The molecule has 2 aromatic heterocycles. The van der Waals surface area contributed by atoms with Gasteiger partial charge in [0.1, 0.15) is 17.2 Å². The molecule has 0 fully saturated rings. The second-order valence-corrected chi connectivity index (χ2v) is 7.96. The molecule has 2 aromatic carbocycles. The summed E-state index contributed by atoms with van der Waals surface area (Å²) in [5.74, 6) is -0.929. The Bertz CT molecular complexity index is 1420. The van der Waals surface area contributed by atoms with Crippen molar-refractivity contribution in [1.29, 1.82) is 0 Å². The number of hydrogen-bond donors (Lipinski definition) is 1. The molecule has 4 aromatic rings. The van der Waals surface area contributed by atoms with Crippen molar-refractivity contribution < 1.29 is 13.7 Å². The van der Waals surface area contributed by atoms with E-state index >= 15 is 0 Å². The van der Waals surface area contributed by atoms with E-state index in [2.05, 4.69) is 10.5 Å². The van der Waals surface area contributed by atoms with E-state index in [9.17, 15) is 14.0 Å². The lowest BCUT2D eigenvalue weighted by molar-refractivity contribution is 0.101. The Labute approximate surface area is 191 Å². The summed E-state index contributed by atoms with van der Waals surface area (Å²) in [4.78, 5) is 25.9. The van der Waals surface area contributed by atoms with Crippen LogP contribution in [0.4, 0.5) is 10.1 Å². The first-order chi connectivity index (χ1) is 15.2. The fourth-order valence-corrected chi connectivity index (χ4v) is 3.77. The lowest BCUT2D eigenvalue weighted by atomic mass is 10.1. The van der Waals surface area contributed by atoms with Gasteiger partial charge in [-0.2, -0.15) is 0 Å². The minimum atomic E-state index is -0.651. The van der Waals surface area contributed by atoms with Crippen molar-refractivity contribution >= 4 is 34.8 Å². The molecule has 0 atom stereocenters. The molecule has 32 heavy (non-hydrogen) atoms. The van der Waals surface area contributed by atoms with E-state index in [1.54, 1.807) is 45.2 Å². The van der Waals surface area contributed by atoms with Crippen LogP contribution in [0.5, 0.6) is 0 Å². The Morgan fingerprint density at radius 1 is 1.16 bits per heavy atom. The number of carbonyl (C=O) groups is 1. The highest BCUT2D eigenvalue weighted by atomic mass is 35.5. The van der Waals surface area contributed by atoms with Gasteiger partial charge in [-0.3, -0.25) is 14.3 Å². The Hall–Kier alpha value is -3.36. The normalized spacial score (nSPS) is 11.1. The molecule has 2 heterocycles. The third-order valence-corrected chi connectivity index (χ3v) is 5.75. The Kier molecular flexibility index (Phi) is 5.66. The van der Waals surface area contributed by atoms with E-state index in [1.165, 1.54) is 22.9 Å². The van der Waals surface area contributed by atoms with Gasteiger partial charge in [0.2, 0.25) is 0 Å². The number of hydrogen-bond acceptors (Lipinski definition) is 4. The molecule has 0 saturated heterocycles. The number of rotatable bonds is 4. The Morgan fingerprint density at radius 2 is 1.88 bits per heavy atom. The number of amides is 1. The predicted octanol–water partition coefficient (Wildman–Crippen LogP) is 5.15. The highest BCUT2D eigenvalue weighted by Crippen LogP contribution is 2.34. The summed E-state index contributed by atoms with van der Waals surface area (Å²) in [6.07, 6.45) is 0. The maximum absolute atomic E-state index is 14.3. The summed E-state index contributed by atoms with van der Waals surface area (Å²) in [6.45, 7) is 3.29. The van der Waals surface area contributed by atoms with Crippen LogP contribution in [0.3, 0.4) is 0 Å². The molecule has 7 nitrogen and oxygen atoms in total. The molecule has 0 unspecified atom stereocenters. The fourth-order valence-electron chi connectivity index (χ4n) is 3.39. The highest BCUT2D eigenvalue weighted by molar-refractivity contribution is 6.35. The molecule has 0 aliphatic heterocycles. The van der Waals surface area contributed by atoms with Crippen LogP contribution in [0, 0.1) is 19.7 Å². The van der Waals surface area contributed by atoms with E-state index in [0.29, 0.717) is 26.9 Å². The van der Waals surface area contributed by atoms with E-state index in [1.807, 2.05) is 0 Å². The molecule has 0 aliphatic rings. The van der Waals surface area contributed by atoms with Gasteiger partial charge in [-0.25, -0.2) is 9.07 Å². The largest absolute Gasteiger partial charge is 0.355 e. The minimum Gasteiger partial charge on any atom is -0.355 e. The SMILES string of the molecule is Cc1c(C(=O)Nc2c(C)n(C)n(-c3ccccc3F)c2=O)noc1-c1cc(Cl)ccc1Cl. The number of halogens is 3. The summed E-state index contributed by atoms with van der Waals surface area (Å²) >= 11 is 12.3. The molecule has 0 bridgehead atoms. The molecule has 1 amide bonds. The van der Waals surface area contributed by atoms with Crippen molar-refractivity contribution in [3.63, 3.8) is 0 Å². The third-order valence-electron chi connectivity index (χ3n) is 5.18. The highest BCUT2D eigenvalue weighted by Gasteiger charge is 2.25. The average molecular weight is 475 g/mol. The Morgan fingerprint density at radius 3 is 2.59 bits per heavy atom. The van der Waals surface area contributed by atoms with Gasteiger partial charge in [-0.05, 0) is 44.2 Å². The van der Waals surface area contributed by atoms with Gasteiger partial charge >= 0.3 is 0 Å². The van der Waals surface area contributed by atoms with Crippen LogP contribution in [0.2, 0.25) is 10.0 Å². The van der Waals surface area contributed by atoms with Gasteiger partial charge in [-0.1, -0.05) is 40.5 Å². The molecule has 4 rings (SSSR count). The van der Waals surface area contributed by atoms with E-state index in [0.717, 1.165) is 4.68 Å². The van der Waals surface area contributed by atoms with Gasteiger partial charge in [0.15, 0.2) is 11.5 Å². The monoisotopic (exact) mass is 474 g/mol. The van der Waals surface area contributed by atoms with E-state index in [4.69, 9.17) is 27.7 Å². The molecule has 0 spiro atoms. The van der Waals surface area contributed by atoms with Crippen molar-refractivity contribution in [2.45, 2.75) is 13.8 Å². The maximum atomic E-state index is 14.3. The minimum absolute atomic E-state index is 0.00508. The van der Waals surface area contributed by atoms with Gasteiger partial charge in [0.25, 0.3) is 11.5 Å². The van der Waals surface area contributed by atoms with Crippen LogP contribution in [-0.2, 0) is 7.05 Å². The van der Waals surface area contributed by atoms with Crippen LogP contribution in [-0.4, -0.2) is 20.4 Å². The topological polar surface area (TPSA) is 82.1 Å². The first-order valence-electron chi connectivity index (χ1n) is 9.47. The molecule has 1 N–H and O–H groups in total. The number of nitrogens with zero attached hydrogens (tertiary/aromatic N) is 3. The number of aromatic nitrogens is 3. The van der Waals surface area contributed by atoms with E-state index < -0.39 is 17.3 Å². The maximum Gasteiger partial charge on any atom is 0.295 e. The van der Waals surface area contributed by atoms with Gasteiger partial charge in [0, 0.05) is 23.2 Å². The van der Waals surface area contributed by atoms with Crippen molar-refractivity contribution in [2.75, 3.05) is 5.32 Å². The molecule has 0 aliphatic carbocycles. The summed E-state index contributed by atoms with van der Waals surface area (Å²) in [5, 5.41) is 7.26. The quantitative estimate of drug-likeness (QED) is 0.443. The van der Waals surface area contributed by atoms with Gasteiger partial charge in [0.05, 0.1) is 10.7 Å². The lowest BCUT2D eigenvalue weighted by Gasteiger charge is -2.08. The van der Waals surface area contributed by atoms with Crippen molar-refractivity contribution in [3.05, 3.63) is 85.6 Å². The summed E-state index contributed by atoms with van der Waals surface area (Å²) in [6, 6.07) is 10.7. The second-order valence-electron chi connectivity index (χ2n) is 7.12. The first-order valence-corrected chi connectivity index (χ1v) is 10.2. The first kappa shape index (κ1) is 21.9. The standard InChI is InChI=1S/C22H17Cl2FN4O3/c1-11-18(27-32-20(11)14-10-13(23)8-9-15(14)24)21(30)26-19-12(2)28(3)29(22(19)31)17-7-5-4-6-16(17)25/h4-10H,1-3H3,(H,26,30). The van der Waals surface area contributed by atoms with Crippen LogP contribution < -0.4 is 10.9 Å². The van der Waals surface area contributed by atoms with E-state index in [-0.39, 0.29) is 22.8 Å². The fraction of sp³-hybridized carbons (Fsp3) is 0.136. The van der Waals surface area contributed by atoms with Gasteiger partial charge in [-0.15, -0.1) is 0 Å². The molecular weight excluding hydrogens is 458 g/mol. The molecule has 0 radical (unpaired) electrons. The van der Waals surface area contributed by atoms with Crippen LogP contribution >= 0.6 is 23.2 Å². The van der Waals surface area contributed by atoms with Crippen molar-refractivity contribution in [1.82, 2.24) is 14.5 Å². The van der Waals surface area contributed by atoms with Crippen LogP contribution in [0.25, 0.3) is 17.0 Å².